The van der Waals surface area contributed by atoms with E-state index in [0.29, 0.717) is 5.82 Å². The first kappa shape index (κ1) is 24.5. The molecule has 0 spiro atoms. The number of imidazole rings is 1. The molecule has 1 amide bonds. The van der Waals surface area contributed by atoms with Crippen LogP contribution in [0.25, 0.3) is 22.2 Å². The quantitative estimate of drug-likeness (QED) is 0.301. The SMILES string of the molecule is COC1CCC(n2c(C3COC(=O)N3c3ccc(F)c(F)c3)nc3cc(-c4c(C)noc4C)ccc32)CC1. The van der Waals surface area contributed by atoms with Gasteiger partial charge < -0.3 is 18.6 Å². The molecule has 198 valence electrons. The topological polar surface area (TPSA) is 82.6 Å². The van der Waals surface area contributed by atoms with Gasteiger partial charge in [-0.3, -0.25) is 4.90 Å². The van der Waals surface area contributed by atoms with E-state index in [1.165, 1.54) is 11.0 Å². The predicted molar refractivity (Wildman–Crippen MR) is 136 cm³/mol. The Hall–Kier alpha value is -3.79. The number of nitrogens with zero attached hydrogens (tertiary/aromatic N) is 4. The van der Waals surface area contributed by atoms with Crippen molar-refractivity contribution in [3.8, 4) is 11.1 Å². The Kier molecular flexibility index (Phi) is 6.14. The Morgan fingerprint density at radius 3 is 2.50 bits per heavy atom. The maximum atomic E-state index is 14.1. The molecule has 3 heterocycles. The Morgan fingerprint density at radius 1 is 1.03 bits per heavy atom. The molecule has 2 fully saturated rings. The van der Waals surface area contributed by atoms with Crippen molar-refractivity contribution in [3.63, 3.8) is 0 Å². The molecule has 1 aliphatic carbocycles. The van der Waals surface area contributed by atoms with Crippen LogP contribution in [0.3, 0.4) is 0 Å². The molecule has 2 aromatic carbocycles. The second kappa shape index (κ2) is 9.50. The summed E-state index contributed by atoms with van der Waals surface area (Å²) in [5, 5.41) is 4.08. The normalized spacial score (nSPS) is 21.9. The van der Waals surface area contributed by atoms with Crippen molar-refractivity contribution in [2.24, 2.45) is 0 Å². The largest absolute Gasteiger partial charge is 0.446 e. The summed E-state index contributed by atoms with van der Waals surface area (Å²) >= 11 is 0. The van der Waals surface area contributed by atoms with E-state index < -0.39 is 23.8 Å². The Balaban J connectivity index is 1.49. The maximum absolute atomic E-state index is 14.1. The Labute approximate surface area is 218 Å². The van der Waals surface area contributed by atoms with Crippen LogP contribution in [0.4, 0.5) is 19.3 Å². The molecular formula is C28H28F2N4O4. The van der Waals surface area contributed by atoms with E-state index in [1.807, 2.05) is 32.0 Å². The van der Waals surface area contributed by atoms with Crippen molar-refractivity contribution >= 4 is 22.8 Å². The fourth-order valence-electron chi connectivity index (χ4n) is 5.86. The highest BCUT2D eigenvalue weighted by atomic mass is 19.2. The number of rotatable bonds is 5. The summed E-state index contributed by atoms with van der Waals surface area (Å²) < 4.78 is 46.4. The second-order valence-electron chi connectivity index (χ2n) is 9.97. The van der Waals surface area contributed by atoms with Crippen LogP contribution < -0.4 is 4.90 Å². The summed E-state index contributed by atoms with van der Waals surface area (Å²) in [5.41, 5.74) is 4.56. The van der Waals surface area contributed by atoms with Crippen LogP contribution in [0.5, 0.6) is 0 Å². The summed E-state index contributed by atoms with van der Waals surface area (Å²) in [4.78, 5) is 19.2. The average molecular weight is 523 g/mol. The number of halogens is 2. The van der Waals surface area contributed by atoms with Crippen molar-refractivity contribution in [1.29, 1.82) is 0 Å². The van der Waals surface area contributed by atoms with E-state index >= 15 is 0 Å². The number of carbonyl (C=O) groups excluding carboxylic acids is 1. The van der Waals surface area contributed by atoms with Gasteiger partial charge in [0.05, 0.1) is 28.5 Å². The van der Waals surface area contributed by atoms with Gasteiger partial charge in [0.25, 0.3) is 0 Å². The zero-order chi connectivity index (χ0) is 26.6. The first-order valence-electron chi connectivity index (χ1n) is 12.7. The Morgan fingerprint density at radius 2 is 1.82 bits per heavy atom. The molecule has 2 aliphatic rings. The van der Waals surface area contributed by atoms with Crippen molar-refractivity contribution in [1.82, 2.24) is 14.7 Å². The molecule has 1 unspecified atom stereocenters. The van der Waals surface area contributed by atoms with Crippen LogP contribution in [0.2, 0.25) is 0 Å². The van der Waals surface area contributed by atoms with Gasteiger partial charge in [-0.2, -0.15) is 0 Å². The van der Waals surface area contributed by atoms with Gasteiger partial charge >= 0.3 is 6.09 Å². The number of anilines is 1. The van der Waals surface area contributed by atoms with Gasteiger partial charge in [0, 0.05) is 24.8 Å². The molecule has 8 nitrogen and oxygen atoms in total. The molecule has 1 saturated carbocycles. The standard InChI is InChI=1S/C28H28F2N4O4/c1-15-26(16(2)38-32-15)17-4-11-24-23(12-17)31-27(33(24)18-5-8-20(36-3)9-6-18)25-14-37-28(35)34(25)19-7-10-21(29)22(30)13-19/h4,7,10-13,18,20,25H,5-6,8-9,14H2,1-3H3. The molecular weight excluding hydrogens is 494 g/mol. The minimum absolute atomic E-state index is 0.0469. The monoisotopic (exact) mass is 522 g/mol. The van der Waals surface area contributed by atoms with Crippen molar-refractivity contribution in [2.45, 2.75) is 57.7 Å². The number of hydrogen-bond acceptors (Lipinski definition) is 6. The van der Waals surface area contributed by atoms with E-state index in [4.69, 9.17) is 19.0 Å². The fourth-order valence-corrected chi connectivity index (χ4v) is 5.86. The number of hydrogen-bond donors (Lipinski definition) is 0. The molecule has 0 bridgehead atoms. The molecule has 1 atom stereocenters. The number of cyclic esters (lactones) is 1. The smallest absolute Gasteiger partial charge is 0.415 e. The highest BCUT2D eigenvalue weighted by molar-refractivity contribution is 5.91. The fraction of sp³-hybridized carbons (Fsp3) is 0.393. The molecule has 1 aliphatic heterocycles. The summed E-state index contributed by atoms with van der Waals surface area (Å²) in [6.07, 6.45) is 3.17. The number of amides is 1. The molecule has 0 radical (unpaired) electrons. The lowest BCUT2D eigenvalue weighted by Gasteiger charge is -2.31. The van der Waals surface area contributed by atoms with Gasteiger partial charge in [0.15, 0.2) is 11.6 Å². The van der Waals surface area contributed by atoms with Crippen LogP contribution in [0.15, 0.2) is 40.9 Å². The number of benzene rings is 2. The highest BCUT2D eigenvalue weighted by Crippen LogP contribution is 2.40. The van der Waals surface area contributed by atoms with Crippen molar-refractivity contribution < 1.29 is 27.6 Å². The molecule has 0 N–H and O–H groups in total. The summed E-state index contributed by atoms with van der Waals surface area (Å²) in [7, 11) is 1.74. The van der Waals surface area contributed by atoms with Gasteiger partial charge in [-0.25, -0.2) is 18.6 Å². The molecule has 38 heavy (non-hydrogen) atoms. The highest BCUT2D eigenvalue weighted by Gasteiger charge is 2.40. The number of methoxy groups -OCH3 is 1. The van der Waals surface area contributed by atoms with E-state index in [9.17, 15) is 13.6 Å². The van der Waals surface area contributed by atoms with E-state index in [-0.39, 0.29) is 24.4 Å². The lowest BCUT2D eigenvalue weighted by Crippen LogP contribution is -2.31. The van der Waals surface area contributed by atoms with Gasteiger partial charge in [0.1, 0.15) is 24.2 Å². The number of ether oxygens (including phenoxy) is 2. The zero-order valence-electron chi connectivity index (χ0n) is 21.4. The zero-order valence-corrected chi connectivity index (χ0v) is 21.4. The van der Waals surface area contributed by atoms with Gasteiger partial charge in [-0.1, -0.05) is 11.2 Å². The van der Waals surface area contributed by atoms with Crippen molar-refractivity contribution in [3.05, 3.63) is 65.3 Å². The third kappa shape index (κ3) is 4.03. The number of carbonyl (C=O) groups is 1. The Bertz CT molecular complexity index is 1500. The number of fused-ring (bicyclic) bond motifs is 1. The summed E-state index contributed by atoms with van der Waals surface area (Å²) in [6, 6.07) is 9.00. The third-order valence-electron chi connectivity index (χ3n) is 7.73. The minimum Gasteiger partial charge on any atom is -0.446 e. The third-order valence-corrected chi connectivity index (χ3v) is 7.73. The molecule has 1 saturated heterocycles. The van der Waals surface area contributed by atoms with Gasteiger partial charge in [-0.15, -0.1) is 0 Å². The average Bonchev–Trinajstić information content (AvgIpc) is 3.59. The van der Waals surface area contributed by atoms with Crippen LogP contribution >= 0.6 is 0 Å². The molecule has 10 heteroatoms. The number of aryl methyl sites for hydroxylation is 2. The second-order valence-corrected chi connectivity index (χ2v) is 9.97. The van der Waals surface area contributed by atoms with Crippen LogP contribution in [0.1, 0.15) is 55.0 Å². The van der Waals surface area contributed by atoms with Crippen LogP contribution in [-0.2, 0) is 9.47 Å². The van der Waals surface area contributed by atoms with E-state index in [1.54, 1.807) is 7.11 Å². The van der Waals surface area contributed by atoms with Crippen LogP contribution in [-0.4, -0.2) is 40.6 Å². The molecule has 2 aromatic heterocycles. The van der Waals surface area contributed by atoms with E-state index in [0.717, 1.165) is 71.4 Å². The summed E-state index contributed by atoms with van der Waals surface area (Å²) in [5.74, 6) is -0.644. The first-order chi connectivity index (χ1) is 18.4. The van der Waals surface area contributed by atoms with Gasteiger partial charge in [-0.05, 0) is 69.4 Å². The summed E-state index contributed by atoms with van der Waals surface area (Å²) in [6.45, 7) is 3.82. The minimum atomic E-state index is -1.03. The van der Waals surface area contributed by atoms with Gasteiger partial charge in [0.2, 0.25) is 0 Å². The van der Waals surface area contributed by atoms with Crippen molar-refractivity contribution in [2.75, 3.05) is 18.6 Å². The predicted octanol–water partition coefficient (Wildman–Crippen LogP) is 6.41. The number of aromatic nitrogens is 3. The van der Waals surface area contributed by atoms with Crippen LogP contribution in [0, 0.1) is 25.5 Å². The maximum Gasteiger partial charge on any atom is 0.415 e. The first-order valence-corrected chi connectivity index (χ1v) is 12.7. The molecule has 4 aromatic rings. The lowest BCUT2D eigenvalue weighted by atomic mass is 9.92. The lowest BCUT2D eigenvalue weighted by molar-refractivity contribution is 0.0584. The van der Waals surface area contributed by atoms with E-state index in [2.05, 4.69) is 9.72 Å². The molecule has 6 rings (SSSR count).